The fourth-order valence-electron chi connectivity index (χ4n) is 3.64. The summed E-state index contributed by atoms with van der Waals surface area (Å²) in [5.41, 5.74) is 2.27. The molecule has 0 radical (unpaired) electrons. The Hall–Kier alpha value is -2.40. The summed E-state index contributed by atoms with van der Waals surface area (Å²) in [4.78, 5) is 18.9. The highest BCUT2D eigenvalue weighted by Gasteiger charge is 2.26. The van der Waals surface area contributed by atoms with Crippen LogP contribution in [0, 0.1) is 0 Å². The summed E-state index contributed by atoms with van der Waals surface area (Å²) in [5.74, 6) is -0.283. The second-order valence-corrected chi connectivity index (χ2v) is 6.36. The molecule has 0 amide bonds. The van der Waals surface area contributed by atoms with Gasteiger partial charge in [-0.05, 0) is 18.4 Å². The quantitative estimate of drug-likeness (QED) is 0.745. The van der Waals surface area contributed by atoms with Crippen molar-refractivity contribution in [2.45, 2.75) is 26.3 Å². The molecule has 1 aliphatic rings. The van der Waals surface area contributed by atoms with E-state index in [0.29, 0.717) is 12.3 Å². The van der Waals surface area contributed by atoms with Gasteiger partial charge in [0.2, 0.25) is 0 Å². The van der Waals surface area contributed by atoms with Crippen LogP contribution in [0.25, 0.3) is 16.4 Å². The zero-order valence-electron chi connectivity index (χ0n) is 13.9. The Bertz CT molecular complexity index is 894. The molecule has 5 heteroatoms. The molecule has 1 aromatic carbocycles. The van der Waals surface area contributed by atoms with Crippen molar-refractivity contribution >= 4 is 22.4 Å². The van der Waals surface area contributed by atoms with Gasteiger partial charge in [0.15, 0.2) is 5.69 Å². The van der Waals surface area contributed by atoms with Crippen LogP contribution in [-0.2, 0) is 11.3 Å². The number of likely N-dealkylation sites (tertiary alicyclic amines) is 1. The predicted octanol–water partition coefficient (Wildman–Crippen LogP) is 1.84. The average Bonchev–Trinajstić information content (AvgIpc) is 3.22. The van der Waals surface area contributed by atoms with E-state index in [1.54, 1.807) is 0 Å². The van der Waals surface area contributed by atoms with Gasteiger partial charge in [-0.25, -0.2) is 9.78 Å². The molecule has 4 rings (SSSR count). The van der Waals surface area contributed by atoms with Gasteiger partial charge in [0.05, 0.1) is 19.7 Å². The second-order valence-electron chi connectivity index (χ2n) is 6.36. The molecular weight excluding hydrogens is 302 g/mol. The van der Waals surface area contributed by atoms with E-state index in [-0.39, 0.29) is 5.97 Å². The van der Waals surface area contributed by atoms with E-state index < -0.39 is 0 Å². The molecule has 0 atom stereocenters. The minimum Gasteiger partial charge on any atom is -0.461 e. The Morgan fingerprint density at radius 3 is 2.83 bits per heavy atom. The molecule has 1 aliphatic heterocycles. The topological polar surface area (TPSA) is 48.0 Å². The molecule has 0 unspecified atom stereocenters. The number of pyridine rings is 1. The largest absolute Gasteiger partial charge is 0.461 e. The molecule has 1 saturated heterocycles. The van der Waals surface area contributed by atoms with Gasteiger partial charge in [0.25, 0.3) is 0 Å². The number of quaternary nitrogens is 1. The number of esters is 1. The minimum atomic E-state index is -0.283. The highest BCUT2D eigenvalue weighted by Crippen LogP contribution is 2.22. The van der Waals surface area contributed by atoms with Crippen LogP contribution >= 0.6 is 0 Å². The number of ether oxygens (including phenoxy) is 1. The molecule has 0 spiro atoms. The van der Waals surface area contributed by atoms with Crippen LogP contribution < -0.4 is 4.90 Å². The Kier molecular flexibility index (Phi) is 3.94. The Morgan fingerprint density at radius 2 is 2.04 bits per heavy atom. The van der Waals surface area contributed by atoms with Gasteiger partial charge >= 0.3 is 5.97 Å². The first-order valence-electron chi connectivity index (χ1n) is 8.67. The lowest BCUT2D eigenvalue weighted by atomic mass is 10.2. The third kappa shape index (κ3) is 2.55. The summed E-state index contributed by atoms with van der Waals surface area (Å²) in [6.07, 6.45) is 4.43. The van der Waals surface area contributed by atoms with Crippen molar-refractivity contribution in [1.29, 1.82) is 0 Å². The molecule has 3 aromatic rings. The van der Waals surface area contributed by atoms with E-state index >= 15 is 0 Å². The summed E-state index contributed by atoms with van der Waals surface area (Å²) in [7, 11) is 0. The molecule has 5 nitrogen and oxygen atoms in total. The Morgan fingerprint density at radius 1 is 1.25 bits per heavy atom. The summed E-state index contributed by atoms with van der Waals surface area (Å²) in [6.45, 7) is 5.29. The maximum absolute atomic E-state index is 12.6. The lowest BCUT2D eigenvalue weighted by Crippen LogP contribution is -3.08. The van der Waals surface area contributed by atoms with Gasteiger partial charge in [0.1, 0.15) is 17.9 Å². The zero-order valence-corrected chi connectivity index (χ0v) is 13.9. The molecule has 124 valence electrons. The van der Waals surface area contributed by atoms with Crippen molar-refractivity contribution in [3.8, 4) is 0 Å². The van der Waals surface area contributed by atoms with Gasteiger partial charge in [0, 0.05) is 24.4 Å². The van der Waals surface area contributed by atoms with Crippen LogP contribution in [-0.4, -0.2) is 35.1 Å². The van der Waals surface area contributed by atoms with Crippen molar-refractivity contribution in [3.05, 3.63) is 47.9 Å². The standard InChI is InChI=1S/C19H21N3O2/c1-2-24-19(23)17-16(13-21-10-5-6-11-21)20-18-15-8-4-3-7-14(15)9-12-22(17)18/h3-4,7-9,12H,2,5-6,10-11,13H2,1H3/p+1. The highest BCUT2D eigenvalue weighted by molar-refractivity contribution is 5.97. The SMILES string of the molecule is CCOC(=O)c1c(C[NH+]2CCCC2)nc2c3ccccc3ccn12. The smallest absolute Gasteiger partial charge is 0.357 e. The number of rotatable bonds is 4. The van der Waals surface area contributed by atoms with Crippen LogP contribution in [0.4, 0.5) is 0 Å². The van der Waals surface area contributed by atoms with E-state index in [4.69, 9.17) is 9.72 Å². The zero-order chi connectivity index (χ0) is 16.5. The molecule has 0 bridgehead atoms. The van der Waals surface area contributed by atoms with Crippen LogP contribution in [0.5, 0.6) is 0 Å². The van der Waals surface area contributed by atoms with E-state index in [1.807, 2.05) is 35.7 Å². The first-order chi connectivity index (χ1) is 11.8. The lowest BCUT2D eigenvalue weighted by Gasteiger charge is -2.11. The number of fused-ring (bicyclic) bond motifs is 3. The molecule has 0 aliphatic carbocycles. The van der Waals surface area contributed by atoms with E-state index in [9.17, 15) is 4.79 Å². The molecular formula is C19H22N3O2+. The van der Waals surface area contributed by atoms with Gasteiger partial charge in [-0.3, -0.25) is 4.40 Å². The summed E-state index contributed by atoms with van der Waals surface area (Å²) in [6, 6.07) is 10.2. The van der Waals surface area contributed by atoms with Crippen LogP contribution in [0.15, 0.2) is 36.5 Å². The Balaban J connectivity index is 1.89. The number of aromatic nitrogens is 2. The average molecular weight is 324 g/mol. The summed E-state index contributed by atoms with van der Waals surface area (Å²) < 4.78 is 7.20. The summed E-state index contributed by atoms with van der Waals surface area (Å²) in [5, 5.41) is 2.19. The minimum absolute atomic E-state index is 0.283. The van der Waals surface area contributed by atoms with Crippen LogP contribution in [0.1, 0.15) is 35.9 Å². The molecule has 3 heterocycles. The monoisotopic (exact) mass is 324 g/mol. The number of benzene rings is 1. The van der Waals surface area contributed by atoms with Gasteiger partial charge in [-0.15, -0.1) is 0 Å². The number of carbonyl (C=O) groups excluding carboxylic acids is 1. The van der Waals surface area contributed by atoms with Crippen molar-refractivity contribution in [2.75, 3.05) is 19.7 Å². The highest BCUT2D eigenvalue weighted by atomic mass is 16.5. The fraction of sp³-hybridized carbons (Fsp3) is 0.368. The molecule has 2 aromatic heterocycles. The normalized spacial score (nSPS) is 15.4. The number of hydrogen-bond donors (Lipinski definition) is 1. The van der Waals surface area contributed by atoms with E-state index in [0.717, 1.165) is 41.7 Å². The van der Waals surface area contributed by atoms with E-state index in [1.165, 1.54) is 17.7 Å². The molecule has 24 heavy (non-hydrogen) atoms. The van der Waals surface area contributed by atoms with Crippen LogP contribution in [0.3, 0.4) is 0 Å². The van der Waals surface area contributed by atoms with Crippen molar-refractivity contribution < 1.29 is 14.4 Å². The third-order valence-electron chi connectivity index (χ3n) is 4.79. The number of hydrogen-bond acceptors (Lipinski definition) is 3. The van der Waals surface area contributed by atoms with Gasteiger partial charge in [-0.1, -0.05) is 24.3 Å². The first kappa shape index (κ1) is 15.1. The fourth-order valence-corrected chi connectivity index (χ4v) is 3.64. The number of nitrogens with one attached hydrogen (secondary N) is 1. The number of carbonyl (C=O) groups is 1. The van der Waals surface area contributed by atoms with Crippen LogP contribution in [0.2, 0.25) is 0 Å². The first-order valence-corrected chi connectivity index (χ1v) is 8.67. The summed E-state index contributed by atoms with van der Waals surface area (Å²) >= 11 is 0. The second kappa shape index (κ2) is 6.24. The van der Waals surface area contributed by atoms with Gasteiger partial charge in [-0.2, -0.15) is 0 Å². The van der Waals surface area contributed by atoms with Crippen molar-refractivity contribution in [3.63, 3.8) is 0 Å². The Labute approximate surface area is 140 Å². The van der Waals surface area contributed by atoms with Crippen molar-refractivity contribution in [2.24, 2.45) is 0 Å². The number of imidazole rings is 1. The maximum atomic E-state index is 12.6. The van der Waals surface area contributed by atoms with E-state index in [2.05, 4.69) is 12.1 Å². The van der Waals surface area contributed by atoms with Gasteiger partial charge < -0.3 is 9.64 Å². The predicted molar refractivity (Wildman–Crippen MR) is 92.3 cm³/mol. The molecule has 1 fully saturated rings. The lowest BCUT2D eigenvalue weighted by molar-refractivity contribution is -0.901. The number of nitrogens with zero attached hydrogens (tertiary/aromatic N) is 2. The molecule has 0 saturated carbocycles. The maximum Gasteiger partial charge on any atom is 0.357 e. The third-order valence-corrected chi connectivity index (χ3v) is 4.79. The molecule has 1 N–H and O–H groups in total. The van der Waals surface area contributed by atoms with Crippen molar-refractivity contribution in [1.82, 2.24) is 9.38 Å².